The molecule has 0 amide bonds. The molecule has 0 aliphatic carbocycles. The van der Waals surface area contributed by atoms with Gasteiger partial charge in [-0.3, -0.25) is 9.13 Å². The van der Waals surface area contributed by atoms with E-state index in [4.69, 9.17) is 29.4 Å². The monoisotopic (exact) mass is 589 g/mol. The van der Waals surface area contributed by atoms with Crippen LogP contribution in [-0.4, -0.2) is 78.8 Å². The summed E-state index contributed by atoms with van der Waals surface area (Å²) in [5.74, 6) is -7.22. The lowest BCUT2D eigenvalue weighted by molar-refractivity contribution is -0.140. The van der Waals surface area contributed by atoms with Crippen LogP contribution < -0.4 is 17.1 Å². The van der Waals surface area contributed by atoms with Crippen LogP contribution in [0.4, 0.5) is 23.4 Å². The third kappa shape index (κ3) is 5.89. The molecule has 2 fully saturated rings. The number of aliphatic hydroxyl groups is 2. The van der Waals surface area contributed by atoms with Gasteiger partial charge in [0.2, 0.25) is 12.5 Å². The highest BCUT2D eigenvalue weighted by atomic mass is 31.0. The smallest absolute Gasteiger partial charge is 0.351 e. The van der Waals surface area contributed by atoms with Gasteiger partial charge in [0.25, 0.3) is 0 Å². The van der Waals surface area contributed by atoms with Gasteiger partial charge >= 0.3 is 23.2 Å². The van der Waals surface area contributed by atoms with Gasteiger partial charge in [0.15, 0.2) is 12.2 Å². The summed E-state index contributed by atoms with van der Waals surface area (Å²) in [6.07, 6.45) is -7.78. The molecule has 0 saturated carbocycles. The number of aromatic nitrogens is 4. The van der Waals surface area contributed by atoms with Crippen LogP contribution in [0.1, 0.15) is 18.1 Å². The summed E-state index contributed by atoms with van der Waals surface area (Å²) in [6, 6.07) is 2.61. The van der Waals surface area contributed by atoms with Crippen LogP contribution >= 0.6 is 18.9 Å². The standard InChI is InChI=1S/C10H14F2N2O4P2.C9H11F2N3O4/c1-5-2-3-14(9(15)13-5)8-10(11,12)7(18-20)6(17-8)4-16-19;10-9(11)6(16)4(3-15)18-7(9)14-2-1-5(12)13-8(14)17/h2-3,6-8H,4,19-20H2,1H3;1-2,4,6-7,15-16H,3H2,(H2,12,13,17). The van der Waals surface area contributed by atoms with Gasteiger partial charge in [0.05, 0.1) is 13.2 Å². The lowest BCUT2D eigenvalue weighted by Gasteiger charge is -2.22. The van der Waals surface area contributed by atoms with Crippen LogP contribution in [0.2, 0.25) is 0 Å². The summed E-state index contributed by atoms with van der Waals surface area (Å²) in [5.41, 5.74) is 3.85. The fourth-order valence-corrected chi connectivity index (χ4v) is 4.31. The van der Waals surface area contributed by atoms with E-state index >= 15 is 0 Å². The Hall–Kier alpha value is -2.10. The van der Waals surface area contributed by atoms with Gasteiger partial charge in [0, 0.05) is 37.0 Å². The molecule has 0 spiro atoms. The number of rotatable bonds is 6. The lowest BCUT2D eigenvalue weighted by atomic mass is 10.1. The highest BCUT2D eigenvalue weighted by Gasteiger charge is 2.61. The first-order chi connectivity index (χ1) is 17.8. The SMILES string of the molecule is Cc1ccn(C2OC(COP)C(OP)C2(F)F)c(=O)n1.Nc1ccn(C2OC(CO)C(O)C2(F)F)c(=O)n1. The predicted octanol–water partition coefficient (Wildman–Crippen LogP) is -0.222. The maximum atomic E-state index is 14.3. The van der Waals surface area contributed by atoms with E-state index in [0.29, 0.717) is 10.3 Å². The van der Waals surface area contributed by atoms with Crippen molar-refractivity contribution in [3.05, 3.63) is 51.2 Å². The predicted molar refractivity (Wildman–Crippen MR) is 127 cm³/mol. The second-order valence-corrected chi connectivity index (χ2v) is 8.83. The Kier molecular flexibility index (Phi) is 9.58. The van der Waals surface area contributed by atoms with Gasteiger partial charge in [-0.05, 0) is 19.1 Å². The fourth-order valence-electron chi connectivity index (χ4n) is 3.77. The van der Waals surface area contributed by atoms with Crippen LogP contribution in [0.25, 0.3) is 0 Å². The second-order valence-electron chi connectivity index (χ2n) is 8.22. The minimum absolute atomic E-state index is 0.107. The minimum Gasteiger partial charge on any atom is -0.394 e. The third-order valence-corrected chi connectivity index (χ3v) is 6.13. The van der Waals surface area contributed by atoms with E-state index < -0.39 is 66.7 Å². The van der Waals surface area contributed by atoms with Crippen LogP contribution in [0.3, 0.4) is 0 Å². The lowest BCUT2D eigenvalue weighted by Crippen LogP contribution is -2.42. The largest absolute Gasteiger partial charge is 0.394 e. The molecule has 2 aromatic heterocycles. The highest BCUT2D eigenvalue weighted by Crippen LogP contribution is 2.45. The summed E-state index contributed by atoms with van der Waals surface area (Å²) in [6.45, 7) is 0.702. The molecule has 38 heavy (non-hydrogen) atoms. The van der Waals surface area contributed by atoms with Crippen molar-refractivity contribution in [1.82, 2.24) is 19.1 Å². The molecule has 0 bridgehead atoms. The molecule has 212 valence electrons. The first-order valence-corrected chi connectivity index (χ1v) is 11.7. The number of nitrogens with two attached hydrogens (primary N) is 1. The van der Waals surface area contributed by atoms with Crippen molar-refractivity contribution in [2.75, 3.05) is 18.9 Å². The molecule has 8 unspecified atom stereocenters. The highest BCUT2D eigenvalue weighted by molar-refractivity contribution is 7.10. The number of anilines is 1. The van der Waals surface area contributed by atoms with Crippen molar-refractivity contribution in [2.24, 2.45) is 0 Å². The van der Waals surface area contributed by atoms with E-state index in [1.54, 1.807) is 16.4 Å². The maximum Gasteiger partial charge on any atom is 0.351 e. The van der Waals surface area contributed by atoms with E-state index in [9.17, 15) is 32.3 Å². The summed E-state index contributed by atoms with van der Waals surface area (Å²) < 4.78 is 76.8. The molecule has 2 saturated heterocycles. The molecule has 0 aromatic carbocycles. The average molecular weight is 589 g/mol. The minimum atomic E-state index is -3.71. The van der Waals surface area contributed by atoms with Crippen molar-refractivity contribution in [3.63, 3.8) is 0 Å². The number of aliphatic hydroxyl groups excluding tert-OH is 2. The summed E-state index contributed by atoms with van der Waals surface area (Å²) >= 11 is 0. The molecule has 2 aliphatic rings. The molecule has 4 heterocycles. The summed E-state index contributed by atoms with van der Waals surface area (Å²) in [4.78, 5) is 30.1. The quantitative estimate of drug-likeness (QED) is 0.300. The van der Waals surface area contributed by atoms with E-state index in [0.717, 1.165) is 16.8 Å². The van der Waals surface area contributed by atoms with Crippen molar-refractivity contribution in [3.8, 4) is 0 Å². The zero-order chi connectivity index (χ0) is 28.4. The van der Waals surface area contributed by atoms with Crippen molar-refractivity contribution < 1.29 is 46.3 Å². The zero-order valence-corrected chi connectivity index (χ0v) is 21.9. The number of aryl methyl sites for hydroxylation is 1. The number of alkyl halides is 4. The molecule has 4 rings (SSSR count). The Bertz CT molecular complexity index is 1240. The van der Waals surface area contributed by atoms with Gasteiger partial charge in [-0.2, -0.15) is 27.5 Å². The summed E-state index contributed by atoms with van der Waals surface area (Å²) in [5, 5.41) is 18.1. The topological polar surface area (TPSA) is 173 Å². The van der Waals surface area contributed by atoms with Gasteiger partial charge in [-0.15, -0.1) is 0 Å². The molecule has 13 nitrogen and oxygen atoms in total. The Morgan fingerprint density at radius 1 is 1.03 bits per heavy atom. The van der Waals surface area contributed by atoms with Crippen LogP contribution in [0.15, 0.2) is 34.1 Å². The molecule has 2 aromatic rings. The Morgan fingerprint density at radius 2 is 1.58 bits per heavy atom. The first-order valence-electron chi connectivity index (χ1n) is 10.7. The van der Waals surface area contributed by atoms with Crippen LogP contribution in [-0.2, 0) is 18.5 Å². The molecule has 4 N–H and O–H groups in total. The maximum absolute atomic E-state index is 14.3. The number of halogens is 4. The Morgan fingerprint density at radius 3 is 2.08 bits per heavy atom. The fraction of sp³-hybridized carbons (Fsp3) is 0.579. The third-order valence-electron chi connectivity index (χ3n) is 5.64. The van der Waals surface area contributed by atoms with E-state index in [-0.39, 0.29) is 12.4 Å². The van der Waals surface area contributed by atoms with Crippen molar-refractivity contribution in [1.29, 1.82) is 0 Å². The van der Waals surface area contributed by atoms with Crippen molar-refractivity contribution in [2.45, 2.75) is 55.6 Å². The molecular formula is C19H25F4N5O8P2. The molecule has 2 aliphatic heterocycles. The van der Waals surface area contributed by atoms with Crippen LogP contribution in [0.5, 0.6) is 0 Å². The Labute approximate surface area is 216 Å². The van der Waals surface area contributed by atoms with Gasteiger partial charge in [0.1, 0.15) is 18.0 Å². The van der Waals surface area contributed by atoms with Gasteiger partial charge in [-0.25, -0.2) is 9.59 Å². The number of nitrogens with zero attached hydrogens (tertiary/aromatic N) is 4. The normalized spacial score (nSPS) is 29.6. The molecular weight excluding hydrogens is 564 g/mol. The molecule has 8 atom stereocenters. The van der Waals surface area contributed by atoms with E-state index in [1.807, 2.05) is 9.47 Å². The number of hydrogen-bond donors (Lipinski definition) is 3. The van der Waals surface area contributed by atoms with Gasteiger partial charge in [-0.1, -0.05) is 0 Å². The number of hydrogen-bond acceptors (Lipinski definition) is 11. The Balaban J connectivity index is 0.000000212. The van der Waals surface area contributed by atoms with Crippen LogP contribution in [0, 0.1) is 6.92 Å². The number of ether oxygens (including phenoxy) is 2. The van der Waals surface area contributed by atoms with E-state index in [2.05, 4.69) is 9.97 Å². The zero-order valence-electron chi connectivity index (χ0n) is 19.6. The number of nitrogen functional groups attached to an aromatic ring is 1. The van der Waals surface area contributed by atoms with E-state index in [1.165, 1.54) is 12.3 Å². The second kappa shape index (κ2) is 12.0. The summed E-state index contributed by atoms with van der Waals surface area (Å²) in [7, 11) is 3.74. The molecule has 19 heteroatoms. The average Bonchev–Trinajstić information content (AvgIpc) is 3.22. The first kappa shape index (κ1) is 30.4. The molecule has 0 radical (unpaired) electrons. The van der Waals surface area contributed by atoms with Gasteiger partial charge < -0.3 is 34.5 Å². The van der Waals surface area contributed by atoms with Crippen molar-refractivity contribution >= 4 is 24.8 Å².